The number of methoxy groups -OCH3 is 1. The van der Waals surface area contributed by atoms with Crippen LogP contribution in [0.3, 0.4) is 0 Å². The van der Waals surface area contributed by atoms with Crippen LogP contribution in [-0.2, 0) is 29.1 Å². The van der Waals surface area contributed by atoms with Crippen molar-refractivity contribution in [3.63, 3.8) is 0 Å². The maximum absolute atomic E-state index is 13.5. The number of nitrogens with zero attached hydrogens (tertiary/aromatic N) is 1. The van der Waals surface area contributed by atoms with Crippen LogP contribution in [0.15, 0.2) is 78.9 Å². The fourth-order valence-corrected chi connectivity index (χ4v) is 3.93. The third-order valence-corrected chi connectivity index (χ3v) is 6.02. The molecule has 5 nitrogen and oxygen atoms in total. The van der Waals surface area contributed by atoms with Crippen LogP contribution in [0.1, 0.15) is 30.5 Å². The fourth-order valence-electron chi connectivity index (χ4n) is 3.72. The normalized spacial score (nSPS) is 11.7. The summed E-state index contributed by atoms with van der Waals surface area (Å²) in [5, 5.41) is 3.59. The van der Waals surface area contributed by atoms with Gasteiger partial charge >= 0.3 is 0 Å². The van der Waals surface area contributed by atoms with E-state index in [-0.39, 0.29) is 24.3 Å². The molecular formula is C28H31ClN2O3. The second-order valence-electron chi connectivity index (χ2n) is 8.48. The molecule has 1 atom stereocenters. The minimum absolute atomic E-state index is 0.0790. The van der Waals surface area contributed by atoms with Crippen LogP contribution in [0.2, 0.25) is 5.02 Å². The zero-order valence-corrected chi connectivity index (χ0v) is 20.6. The molecule has 0 radical (unpaired) electrons. The SMILES string of the molecule is COc1ccc(CN(C(=O)C(C)C)[C@H](Cc2ccccc2)C(=O)NCc2ccccc2Cl)cc1. The van der Waals surface area contributed by atoms with Crippen molar-refractivity contribution in [2.45, 2.75) is 39.4 Å². The molecule has 2 amide bonds. The van der Waals surface area contributed by atoms with Crippen LogP contribution in [0, 0.1) is 5.92 Å². The number of nitrogens with one attached hydrogen (secondary N) is 1. The summed E-state index contributed by atoms with van der Waals surface area (Å²) in [6, 6.07) is 24.0. The van der Waals surface area contributed by atoms with Crippen LogP contribution in [0.25, 0.3) is 0 Å². The van der Waals surface area contributed by atoms with Crippen LogP contribution in [0.4, 0.5) is 0 Å². The van der Waals surface area contributed by atoms with Gasteiger partial charge in [-0.3, -0.25) is 9.59 Å². The van der Waals surface area contributed by atoms with Crippen molar-refractivity contribution in [2.24, 2.45) is 5.92 Å². The van der Waals surface area contributed by atoms with Gasteiger partial charge in [-0.15, -0.1) is 0 Å². The number of halogens is 1. The largest absolute Gasteiger partial charge is 0.497 e. The molecule has 6 heteroatoms. The Morgan fingerprint density at radius 2 is 1.56 bits per heavy atom. The van der Waals surface area contributed by atoms with E-state index in [1.807, 2.05) is 86.6 Å². The molecule has 0 bridgehead atoms. The van der Waals surface area contributed by atoms with E-state index in [9.17, 15) is 9.59 Å². The van der Waals surface area contributed by atoms with Gasteiger partial charge in [0.05, 0.1) is 7.11 Å². The zero-order valence-electron chi connectivity index (χ0n) is 19.8. The van der Waals surface area contributed by atoms with E-state index in [0.717, 1.165) is 22.4 Å². The first-order valence-corrected chi connectivity index (χ1v) is 11.7. The van der Waals surface area contributed by atoms with Crippen LogP contribution < -0.4 is 10.1 Å². The third-order valence-electron chi connectivity index (χ3n) is 5.65. The lowest BCUT2D eigenvalue weighted by Crippen LogP contribution is -2.51. The molecule has 178 valence electrons. The molecule has 0 spiro atoms. The van der Waals surface area contributed by atoms with Gasteiger partial charge in [-0.2, -0.15) is 0 Å². The zero-order chi connectivity index (χ0) is 24.5. The number of benzene rings is 3. The summed E-state index contributed by atoms with van der Waals surface area (Å²) in [6.07, 6.45) is 0.407. The Hall–Kier alpha value is -3.31. The molecule has 1 N–H and O–H groups in total. The van der Waals surface area contributed by atoms with Gasteiger partial charge in [0.2, 0.25) is 11.8 Å². The summed E-state index contributed by atoms with van der Waals surface area (Å²) in [4.78, 5) is 28.5. The summed E-state index contributed by atoms with van der Waals surface area (Å²) in [7, 11) is 1.61. The van der Waals surface area contributed by atoms with E-state index in [1.165, 1.54) is 0 Å². The van der Waals surface area contributed by atoms with Gasteiger partial charge in [0.25, 0.3) is 0 Å². The first kappa shape index (κ1) is 25.3. The molecule has 0 aliphatic rings. The summed E-state index contributed by atoms with van der Waals surface area (Å²) in [5.74, 6) is 0.188. The fraction of sp³-hybridized carbons (Fsp3) is 0.286. The van der Waals surface area contributed by atoms with Gasteiger partial charge < -0.3 is 15.0 Å². The van der Waals surface area contributed by atoms with Crippen molar-refractivity contribution >= 4 is 23.4 Å². The smallest absolute Gasteiger partial charge is 0.243 e. The molecule has 3 rings (SSSR count). The van der Waals surface area contributed by atoms with E-state index in [4.69, 9.17) is 16.3 Å². The number of hydrogen-bond acceptors (Lipinski definition) is 3. The van der Waals surface area contributed by atoms with Gasteiger partial charge in [0.1, 0.15) is 11.8 Å². The van der Waals surface area contributed by atoms with Crippen LogP contribution >= 0.6 is 11.6 Å². The molecule has 0 aliphatic heterocycles. The maximum atomic E-state index is 13.5. The highest BCUT2D eigenvalue weighted by molar-refractivity contribution is 6.31. The Morgan fingerprint density at radius 3 is 2.18 bits per heavy atom. The molecular weight excluding hydrogens is 448 g/mol. The molecule has 0 aromatic heterocycles. The number of carbonyl (C=O) groups excluding carboxylic acids is 2. The second-order valence-corrected chi connectivity index (χ2v) is 8.89. The summed E-state index contributed by atoms with van der Waals surface area (Å²) in [5.41, 5.74) is 2.73. The summed E-state index contributed by atoms with van der Waals surface area (Å²) in [6.45, 7) is 4.31. The Bertz CT molecular complexity index is 1080. The highest BCUT2D eigenvalue weighted by Gasteiger charge is 2.31. The van der Waals surface area contributed by atoms with Gasteiger partial charge in [-0.05, 0) is 34.9 Å². The molecule has 3 aromatic rings. The third kappa shape index (κ3) is 6.84. The van der Waals surface area contributed by atoms with Gasteiger partial charge in [0.15, 0.2) is 0 Å². The van der Waals surface area contributed by atoms with Crippen LogP contribution in [0.5, 0.6) is 5.75 Å². The summed E-state index contributed by atoms with van der Waals surface area (Å²) >= 11 is 6.28. The molecule has 0 saturated carbocycles. The Kier molecular flexibility index (Phi) is 9.11. The van der Waals surface area contributed by atoms with E-state index in [0.29, 0.717) is 18.0 Å². The predicted molar refractivity (Wildman–Crippen MR) is 136 cm³/mol. The summed E-state index contributed by atoms with van der Waals surface area (Å²) < 4.78 is 5.25. The van der Waals surface area contributed by atoms with Crippen molar-refractivity contribution < 1.29 is 14.3 Å². The standard InChI is InChI=1S/C28H31ClN2O3/c1-20(2)28(33)31(19-22-13-15-24(34-3)16-14-22)26(17-21-9-5-4-6-10-21)27(32)30-18-23-11-7-8-12-25(23)29/h4-16,20,26H,17-19H2,1-3H3,(H,30,32)/t26-/m1/s1. The lowest BCUT2D eigenvalue weighted by Gasteiger charge is -2.33. The van der Waals surface area contributed by atoms with E-state index < -0.39 is 6.04 Å². The van der Waals surface area contributed by atoms with Gasteiger partial charge in [-0.1, -0.05) is 86.1 Å². The average Bonchev–Trinajstić information content (AvgIpc) is 2.86. The number of carbonyl (C=O) groups is 2. The quantitative estimate of drug-likeness (QED) is 0.432. The van der Waals surface area contributed by atoms with Gasteiger partial charge in [0, 0.05) is 30.5 Å². The maximum Gasteiger partial charge on any atom is 0.243 e. The monoisotopic (exact) mass is 478 g/mol. The van der Waals surface area contributed by atoms with Crippen molar-refractivity contribution in [3.05, 3.63) is 101 Å². The highest BCUT2D eigenvalue weighted by atomic mass is 35.5. The molecule has 3 aromatic carbocycles. The van der Waals surface area contributed by atoms with Crippen molar-refractivity contribution in [1.82, 2.24) is 10.2 Å². The molecule has 34 heavy (non-hydrogen) atoms. The van der Waals surface area contributed by atoms with E-state index in [1.54, 1.807) is 18.1 Å². The van der Waals surface area contributed by atoms with Crippen molar-refractivity contribution in [3.8, 4) is 5.75 Å². The van der Waals surface area contributed by atoms with Crippen LogP contribution in [-0.4, -0.2) is 29.9 Å². The first-order valence-electron chi connectivity index (χ1n) is 11.4. The Balaban J connectivity index is 1.90. The highest BCUT2D eigenvalue weighted by Crippen LogP contribution is 2.20. The second kappa shape index (κ2) is 12.2. The Morgan fingerprint density at radius 1 is 0.912 bits per heavy atom. The molecule has 0 fully saturated rings. The molecule has 0 heterocycles. The molecule has 0 aliphatic carbocycles. The molecule has 0 saturated heterocycles. The van der Waals surface area contributed by atoms with E-state index in [2.05, 4.69) is 5.32 Å². The minimum Gasteiger partial charge on any atom is -0.497 e. The number of amides is 2. The number of ether oxygens (including phenoxy) is 1. The topological polar surface area (TPSA) is 58.6 Å². The average molecular weight is 479 g/mol. The Labute approximate surface area is 206 Å². The lowest BCUT2D eigenvalue weighted by molar-refractivity contribution is -0.143. The molecule has 0 unspecified atom stereocenters. The van der Waals surface area contributed by atoms with Gasteiger partial charge in [-0.25, -0.2) is 0 Å². The lowest BCUT2D eigenvalue weighted by atomic mass is 10.0. The van der Waals surface area contributed by atoms with Crippen molar-refractivity contribution in [1.29, 1.82) is 0 Å². The predicted octanol–water partition coefficient (Wildman–Crippen LogP) is 5.26. The number of rotatable bonds is 10. The first-order chi connectivity index (χ1) is 16.4. The van der Waals surface area contributed by atoms with E-state index >= 15 is 0 Å². The minimum atomic E-state index is -0.679. The number of hydrogen-bond donors (Lipinski definition) is 1. The van der Waals surface area contributed by atoms with Crippen molar-refractivity contribution in [2.75, 3.05) is 7.11 Å².